The van der Waals surface area contributed by atoms with Crippen molar-refractivity contribution in [3.8, 4) is 0 Å². The summed E-state index contributed by atoms with van der Waals surface area (Å²) in [6, 6.07) is 0. The fraction of sp³-hybridized carbons (Fsp3) is 0.963. The van der Waals surface area contributed by atoms with Crippen LogP contribution in [0.4, 0.5) is 0 Å². The molecule has 0 rings (SSSR count). The van der Waals surface area contributed by atoms with Crippen molar-refractivity contribution in [2.45, 2.75) is 154 Å². The minimum atomic E-state index is -0.342. The summed E-state index contributed by atoms with van der Waals surface area (Å²) in [5.74, 6) is -0.115. The van der Waals surface area contributed by atoms with Crippen LogP contribution in [0.3, 0.4) is 0 Å². The first-order chi connectivity index (χ1) is 15.2. The Morgan fingerprint density at radius 3 is 1.74 bits per heavy atom. The Morgan fingerprint density at radius 2 is 1.16 bits per heavy atom. The zero-order valence-corrected chi connectivity index (χ0v) is 21.2. The van der Waals surface area contributed by atoms with Gasteiger partial charge in [0.15, 0.2) is 0 Å². The first kappa shape index (κ1) is 30.4. The summed E-state index contributed by atoms with van der Waals surface area (Å²) >= 11 is 0. The number of aliphatic hydroxyl groups excluding tert-OH is 1. The van der Waals surface area contributed by atoms with E-state index in [1.807, 2.05) is 0 Å². The van der Waals surface area contributed by atoms with Gasteiger partial charge in [-0.05, 0) is 25.7 Å². The number of hydrogen-bond acceptors (Lipinski definition) is 4. The number of carbonyl (C=O) groups excluding carboxylic acids is 1. The van der Waals surface area contributed by atoms with Crippen LogP contribution in [-0.2, 0) is 14.3 Å². The summed E-state index contributed by atoms with van der Waals surface area (Å²) in [6.45, 7) is 5.29. The van der Waals surface area contributed by atoms with E-state index in [-0.39, 0.29) is 18.2 Å². The predicted octanol–water partition coefficient (Wildman–Crippen LogP) is 7.75. The Bertz CT molecular complexity index is 372. The number of hydrogen-bond donors (Lipinski definition) is 1. The first-order valence-corrected chi connectivity index (χ1v) is 13.5. The molecular formula is C27H54O4. The van der Waals surface area contributed by atoms with E-state index in [4.69, 9.17) is 4.74 Å². The van der Waals surface area contributed by atoms with Crippen molar-refractivity contribution in [3.63, 3.8) is 0 Å². The van der Waals surface area contributed by atoms with Gasteiger partial charge >= 0.3 is 5.97 Å². The maximum Gasteiger partial charge on any atom is 0.305 e. The molecule has 0 aromatic carbocycles. The zero-order chi connectivity index (χ0) is 23.0. The monoisotopic (exact) mass is 442 g/mol. The summed E-state index contributed by atoms with van der Waals surface area (Å²) < 4.78 is 10.8. The molecule has 0 saturated heterocycles. The average molecular weight is 443 g/mol. The molecule has 0 heterocycles. The second kappa shape index (κ2) is 24.0. The van der Waals surface area contributed by atoms with E-state index in [2.05, 4.69) is 18.6 Å². The maximum atomic E-state index is 11.1. The van der Waals surface area contributed by atoms with Crippen molar-refractivity contribution in [3.05, 3.63) is 0 Å². The minimum absolute atomic E-state index is 0.00106. The van der Waals surface area contributed by atoms with Crippen molar-refractivity contribution >= 4 is 5.97 Å². The van der Waals surface area contributed by atoms with Crippen LogP contribution in [-0.4, -0.2) is 37.0 Å². The van der Waals surface area contributed by atoms with Gasteiger partial charge in [-0.2, -0.15) is 0 Å². The van der Waals surface area contributed by atoms with Crippen molar-refractivity contribution in [2.75, 3.05) is 13.7 Å². The molecule has 186 valence electrons. The molecule has 2 unspecified atom stereocenters. The van der Waals surface area contributed by atoms with Gasteiger partial charge in [0, 0.05) is 13.0 Å². The largest absolute Gasteiger partial charge is 0.469 e. The van der Waals surface area contributed by atoms with E-state index >= 15 is 0 Å². The second-order valence-electron chi connectivity index (χ2n) is 9.18. The number of carbonyl (C=O) groups is 1. The molecule has 0 aromatic heterocycles. The van der Waals surface area contributed by atoms with Gasteiger partial charge in [0.2, 0.25) is 0 Å². The Balaban J connectivity index is 4.04. The van der Waals surface area contributed by atoms with Gasteiger partial charge in [-0.15, -0.1) is 0 Å². The molecule has 0 aliphatic carbocycles. The maximum absolute atomic E-state index is 11.1. The first-order valence-electron chi connectivity index (χ1n) is 13.5. The van der Waals surface area contributed by atoms with Gasteiger partial charge in [-0.25, -0.2) is 0 Å². The lowest BCUT2D eigenvalue weighted by atomic mass is 9.99. The molecule has 0 saturated carbocycles. The summed E-state index contributed by atoms with van der Waals surface area (Å²) in [4.78, 5) is 11.1. The minimum Gasteiger partial charge on any atom is -0.469 e. The quantitative estimate of drug-likeness (QED) is 0.123. The van der Waals surface area contributed by atoms with Crippen LogP contribution >= 0.6 is 0 Å². The molecule has 2 atom stereocenters. The van der Waals surface area contributed by atoms with Crippen LogP contribution in [0.25, 0.3) is 0 Å². The van der Waals surface area contributed by atoms with Crippen LogP contribution in [0.1, 0.15) is 142 Å². The standard InChI is InChI=1S/C27H54O4/c1-4-6-8-10-14-18-22-26(31-24-20-16-11-9-7-5-2)25(28)21-17-13-12-15-19-23-27(29)30-3/h25-26,28H,4-24H2,1-3H3. The molecule has 0 fully saturated rings. The van der Waals surface area contributed by atoms with E-state index in [0.29, 0.717) is 6.42 Å². The SMILES string of the molecule is CCCCCCCCOC(CCCCCCCC)C(O)CCCCCCCC(=O)OC. The zero-order valence-electron chi connectivity index (χ0n) is 21.2. The van der Waals surface area contributed by atoms with Crippen LogP contribution in [0.15, 0.2) is 0 Å². The van der Waals surface area contributed by atoms with Crippen LogP contribution in [0.5, 0.6) is 0 Å². The predicted molar refractivity (Wildman–Crippen MR) is 131 cm³/mol. The highest BCUT2D eigenvalue weighted by Gasteiger charge is 2.19. The third-order valence-electron chi connectivity index (χ3n) is 6.21. The Kier molecular flexibility index (Phi) is 23.6. The second-order valence-corrected chi connectivity index (χ2v) is 9.18. The fourth-order valence-electron chi connectivity index (χ4n) is 4.07. The molecule has 0 amide bonds. The Morgan fingerprint density at radius 1 is 0.677 bits per heavy atom. The van der Waals surface area contributed by atoms with E-state index in [1.165, 1.54) is 71.3 Å². The molecular weight excluding hydrogens is 388 g/mol. The lowest BCUT2D eigenvalue weighted by Crippen LogP contribution is -2.29. The number of ether oxygens (including phenoxy) is 2. The smallest absolute Gasteiger partial charge is 0.305 e. The molecule has 0 aromatic rings. The van der Waals surface area contributed by atoms with Gasteiger partial charge in [0.1, 0.15) is 0 Å². The van der Waals surface area contributed by atoms with E-state index in [0.717, 1.165) is 64.4 Å². The van der Waals surface area contributed by atoms with Crippen LogP contribution in [0, 0.1) is 0 Å². The molecule has 4 heteroatoms. The van der Waals surface area contributed by atoms with Crippen molar-refractivity contribution < 1.29 is 19.4 Å². The van der Waals surface area contributed by atoms with E-state index in [9.17, 15) is 9.90 Å². The highest BCUT2D eigenvalue weighted by atomic mass is 16.5. The Hall–Kier alpha value is -0.610. The molecule has 0 spiro atoms. The highest BCUT2D eigenvalue weighted by Crippen LogP contribution is 2.18. The van der Waals surface area contributed by atoms with Crippen LogP contribution < -0.4 is 0 Å². The number of unbranched alkanes of at least 4 members (excludes halogenated alkanes) is 14. The third-order valence-corrected chi connectivity index (χ3v) is 6.21. The van der Waals surface area contributed by atoms with Crippen molar-refractivity contribution in [2.24, 2.45) is 0 Å². The summed E-state index contributed by atoms with van der Waals surface area (Å²) in [5.41, 5.74) is 0. The molecule has 31 heavy (non-hydrogen) atoms. The Labute approximate surface area is 193 Å². The number of esters is 1. The third kappa shape index (κ3) is 21.0. The van der Waals surface area contributed by atoms with E-state index in [1.54, 1.807) is 0 Å². The summed E-state index contributed by atoms with van der Waals surface area (Å²) in [5, 5.41) is 10.7. The normalized spacial score (nSPS) is 13.3. The fourth-order valence-corrected chi connectivity index (χ4v) is 4.07. The van der Waals surface area contributed by atoms with Crippen molar-refractivity contribution in [1.29, 1.82) is 0 Å². The lowest BCUT2D eigenvalue weighted by molar-refractivity contribution is -0.140. The topological polar surface area (TPSA) is 55.8 Å². The molecule has 0 bridgehead atoms. The average Bonchev–Trinajstić information content (AvgIpc) is 2.78. The molecule has 0 radical (unpaired) electrons. The molecule has 0 aliphatic heterocycles. The number of rotatable bonds is 24. The van der Waals surface area contributed by atoms with Crippen molar-refractivity contribution in [1.82, 2.24) is 0 Å². The van der Waals surface area contributed by atoms with Gasteiger partial charge in [0.25, 0.3) is 0 Å². The highest BCUT2D eigenvalue weighted by molar-refractivity contribution is 5.68. The van der Waals surface area contributed by atoms with Crippen LogP contribution in [0.2, 0.25) is 0 Å². The van der Waals surface area contributed by atoms with Gasteiger partial charge in [-0.3, -0.25) is 4.79 Å². The van der Waals surface area contributed by atoms with Gasteiger partial charge in [-0.1, -0.05) is 110 Å². The van der Waals surface area contributed by atoms with Gasteiger partial charge < -0.3 is 14.6 Å². The summed E-state index contributed by atoms with van der Waals surface area (Å²) in [6.07, 6.45) is 22.5. The molecule has 4 nitrogen and oxygen atoms in total. The number of methoxy groups -OCH3 is 1. The molecule has 0 aliphatic rings. The summed E-state index contributed by atoms with van der Waals surface area (Å²) in [7, 11) is 1.44. The number of aliphatic hydroxyl groups is 1. The van der Waals surface area contributed by atoms with E-state index < -0.39 is 0 Å². The van der Waals surface area contributed by atoms with Gasteiger partial charge in [0.05, 0.1) is 19.3 Å². The lowest BCUT2D eigenvalue weighted by Gasteiger charge is -2.24. The molecule has 1 N–H and O–H groups in total.